The number of halogens is 5. The predicted molar refractivity (Wildman–Crippen MR) is 123 cm³/mol. The summed E-state index contributed by atoms with van der Waals surface area (Å²) in [5.74, 6) is -2.55. The van der Waals surface area contributed by atoms with E-state index in [1.165, 1.54) is 38.2 Å². The van der Waals surface area contributed by atoms with Gasteiger partial charge in [0.25, 0.3) is 12.3 Å². The second-order valence-corrected chi connectivity index (χ2v) is 9.04. The molecule has 2 atom stereocenters. The van der Waals surface area contributed by atoms with Crippen LogP contribution in [-0.2, 0) is 9.59 Å². The normalized spacial score (nSPS) is 20.4. The number of carboxylic acid groups (broad SMARTS) is 1. The highest BCUT2D eigenvalue weighted by Crippen LogP contribution is 2.36. The third-order valence-electron chi connectivity index (χ3n) is 6.47. The van der Waals surface area contributed by atoms with Crippen LogP contribution < -0.4 is 16.0 Å². The molecule has 2 heterocycles. The molecule has 2 aliphatic rings. The Labute approximate surface area is 208 Å². The van der Waals surface area contributed by atoms with Crippen molar-refractivity contribution in [3.8, 4) is 0 Å². The Kier molecular flexibility index (Phi) is 9.46. The van der Waals surface area contributed by atoms with Crippen molar-refractivity contribution in [2.45, 2.75) is 57.2 Å². The molecule has 1 saturated carbocycles. The zero-order valence-corrected chi connectivity index (χ0v) is 19.7. The number of benzene rings is 1. The van der Waals surface area contributed by atoms with Gasteiger partial charge in [-0.1, -0.05) is 32.1 Å². The van der Waals surface area contributed by atoms with E-state index in [2.05, 4.69) is 16.0 Å². The largest absolute Gasteiger partial charge is 0.490 e. The van der Waals surface area contributed by atoms with Gasteiger partial charge in [-0.05, 0) is 49.1 Å². The summed E-state index contributed by atoms with van der Waals surface area (Å²) in [6.07, 6.45) is -0.483. The first kappa shape index (κ1) is 28.4. The second kappa shape index (κ2) is 12.3. The van der Waals surface area contributed by atoms with Crippen LogP contribution in [0.5, 0.6) is 0 Å². The van der Waals surface area contributed by atoms with Gasteiger partial charge in [-0.25, -0.2) is 13.6 Å². The van der Waals surface area contributed by atoms with E-state index in [0.717, 1.165) is 13.0 Å². The van der Waals surface area contributed by atoms with Crippen LogP contribution in [0, 0.1) is 11.8 Å². The number of rotatable bonds is 6. The van der Waals surface area contributed by atoms with Crippen LogP contribution in [0.25, 0.3) is 11.0 Å². The van der Waals surface area contributed by atoms with Gasteiger partial charge < -0.3 is 25.5 Å². The maximum atomic E-state index is 12.9. The number of carbonyl (C=O) groups excluding carboxylic acids is 2. The van der Waals surface area contributed by atoms with Gasteiger partial charge in [0, 0.05) is 11.1 Å². The summed E-state index contributed by atoms with van der Waals surface area (Å²) >= 11 is 0. The van der Waals surface area contributed by atoms with Gasteiger partial charge in [-0.3, -0.25) is 9.59 Å². The maximum Gasteiger partial charge on any atom is 0.490 e. The molecule has 1 aromatic carbocycles. The molecule has 37 heavy (non-hydrogen) atoms. The Balaban J connectivity index is 0.000000479. The lowest BCUT2D eigenvalue weighted by atomic mass is 9.76. The number of anilines is 1. The van der Waals surface area contributed by atoms with Crippen molar-refractivity contribution < 1.29 is 45.9 Å². The fourth-order valence-corrected chi connectivity index (χ4v) is 4.79. The van der Waals surface area contributed by atoms with Crippen molar-refractivity contribution in [2.75, 3.05) is 18.4 Å². The summed E-state index contributed by atoms with van der Waals surface area (Å²) < 4.78 is 61.7. The van der Waals surface area contributed by atoms with Gasteiger partial charge in [0.2, 0.25) is 5.91 Å². The number of carbonyl (C=O) groups is 3. The van der Waals surface area contributed by atoms with Crippen molar-refractivity contribution >= 4 is 34.4 Å². The van der Waals surface area contributed by atoms with Crippen LogP contribution in [0.2, 0.25) is 0 Å². The van der Waals surface area contributed by atoms with Crippen molar-refractivity contribution in [1.82, 2.24) is 10.6 Å². The Bertz CT molecular complexity index is 1100. The average Bonchev–Trinajstić information content (AvgIpc) is 3.50. The lowest BCUT2D eigenvalue weighted by Gasteiger charge is -2.30. The van der Waals surface area contributed by atoms with Gasteiger partial charge in [0.1, 0.15) is 5.58 Å². The molecule has 204 valence electrons. The number of hydrogen-bond donors (Lipinski definition) is 4. The molecule has 0 unspecified atom stereocenters. The predicted octanol–water partition coefficient (Wildman–Crippen LogP) is 4.56. The van der Waals surface area contributed by atoms with Crippen LogP contribution in [0.15, 0.2) is 28.7 Å². The van der Waals surface area contributed by atoms with Gasteiger partial charge >= 0.3 is 12.1 Å². The molecule has 0 radical (unpaired) electrons. The van der Waals surface area contributed by atoms with E-state index >= 15 is 0 Å². The van der Waals surface area contributed by atoms with E-state index in [0.29, 0.717) is 28.5 Å². The molecular formula is C24H28F5N3O5. The fraction of sp³-hybridized carbons (Fsp3) is 0.542. The summed E-state index contributed by atoms with van der Waals surface area (Å²) in [7, 11) is 0. The smallest absolute Gasteiger partial charge is 0.475 e. The Morgan fingerprint density at radius 1 is 1.08 bits per heavy atom. The third-order valence-corrected chi connectivity index (χ3v) is 6.47. The molecule has 1 aliphatic heterocycles. The molecule has 8 nitrogen and oxygen atoms in total. The number of nitrogens with one attached hydrogen (secondary N) is 3. The SMILES string of the molecule is O=C(NCC(F)F)c1cc2cc(NC(=O)[C@H]3NCC[C@H]3C3CCCCC3)ccc2o1.O=C(O)C(F)(F)F. The average molecular weight is 533 g/mol. The monoisotopic (exact) mass is 533 g/mol. The van der Waals surface area contributed by atoms with Crippen molar-refractivity contribution in [2.24, 2.45) is 11.8 Å². The molecule has 4 N–H and O–H groups in total. The quantitative estimate of drug-likeness (QED) is 0.404. The molecule has 0 spiro atoms. The topological polar surface area (TPSA) is 121 Å². The number of fused-ring (bicyclic) bond motifs is 1. The molecule has 13 heteroatoms. The lowest BCUT2D eigenvalue weighted by Crippen LogP contribution is -2.42. The van der Waals surface area contributed by atoms with E-state index in [9.17, 15) is 31.5 Å². The van der Waals surface area contributed by atoms with E-state index < -0.39 is 31.0 Å². The standard InChI is InChI=1S/C22H27F2N3O3.C2HF3O2/c23-19(24)12-26-21(28)18-11-14-10-15(6-7-17(14)30-18)27-22(29)20-16(8-9-25-20)13-4-2-1-3-5-13;3-2(4,5)1(6)7/h6-7,10-11,13,16,19-20,25H,1-5,8-9,12H2,(H,26,28)(H,27,29);(H,6,7)/t16-,20-;/m0./s1. The number of aliphatic carboxylic acids is 1. The number of furan rings is 1. The summed E-state index contributed by atoms with van der Waals surface area (Å²) in [6, 6.07) is 6.41. The van der Waals surface area contributed by atoms with E-state index in [1.54, 1.807) is 18.2 Å². The molecule has 2 amide bonds. The first-order valence-electron chi connectivity index (χ1n) is 11.9. The molecule has 2 aromatic rings. The molecule has 4 rings (SSSR count). The highest BCUT2D eigenvalue weighted by Gasteiger charge is 2.39. The van der Waals surface area contributed by atoms with E-state index in [1.807, 2.05) is 0 Å². The first-order valence-corrected chi connectivity index (χ1v) is 11.9. The van der Waals surface area contributed by atoms with Crippen LogP contribution in [0.1, 0.15) is 49.1 Å². The third kappa shape index (κ3) is 7.88. The van der Waals surface area contributed by atoms with Gasteiger partial charge in [-0.15, -0.1) is 0 Å². The number of carboxylic acids is 1. The zero-order valence-electron chi connectivity index (χ0n) is 19.7. The summed E-state index contributed by atoms with van der Waals surface area (Å²) in [5.41, 5.74) is 1.07. The minimum Gasteiger partial charge on any atom is -0.475 e. The van der Waals surface area contributed by atoms with Crippen molar-refractivity contribution in [3.05, 3.63) is 30.0 Å². The second-order valence-electron chi connectivity index (χ2n) is 9.04. The molecular weight excluding hydrogens is 505 g/mol. The summed E-state index contributed by atoms with van der Waals surface area (Å²) in [6.45, 7) is 0.130. The Morgan fingerprint density at radius 2 is 1.76 bits per heavy atom. The van der Waals surface area contributed by atoms with Crippen LogP contribution in [0.4, 0.5) is 27.6 Å². The molecule has 1 saturated heterocycles. The van der Waals surface area contributed by atoms with Crippen LogP contribution >= 0.6 is 0 Å². The highest BCUT2D eigenvalue weighted by molar-refractivity contribution is 5.99. The molecule has 2 fully saturated rings. The number of alkyl halides is 5. The van der Waals surface area contributed by atoms with Crippen molar-refractivity contribution in [3.63, 3.8) is 0 Å². The minimum absolute atomic E-state index is 0.0380. The van der Waals surface area contributed by atoms with Crippen molar-refractivity contribution in [1.29, 1.82) is 0 Å². The number of amides is 2. The van der Waals surface area contributed by atoms with Crippen LogP contribution in [-0.4, -0.2) is 54.6 Å². The first-order chi connectivity index (χ1) is 17.5. The van der Waals surface area contributed by atoms with E-state index in [-0.39, 0.29) is 17.7 Å². The Morgan fingerprint density at radius 3 is 2.38 bits per heavy atom. The minimum atomic E-state index is -5.08. The summed E-state index contributed by atoms with van der Waals surface area (Å²) in [4.78, 5) is 33.8. The van der Waals surface area contributed by atoms with Gasteiger partial charge in [-0.2, -0.15) is 13.2 Å². The lowest BCUT2D eigenvalue weighted by molar-refractivity contribution is -0.192. The molecule has 1 aliphatic carbocycles. The zero-order chi connectivity index (χ0) is 27.2. The summed E-state index contributed by atoms with van der Waals surface area (Å²) in [5, 5.41) is 16.2. The highest BCUT2D eigenvalue weighted by atomic mass is 19.4. The van der Waals surface area contributed by atoms with E-state index in [4.69, 9.17) is 14.3 Å². The fourth-order valence-electron chi connectivity index (χ4n) is 4.79. The van der Waals surface area contributed by atoms with Crippen LogP contribution in [0.3, 0.4) is 0 Å². The van der Waals surface area contributed by atoms with Gasteiger partial charge in [0.15, 0.2) is 5.76 Å². The van der Waals surface area contributed by atoms with Gasteiger partial charge in [0.05, 0.1) is 12.6 Å². The Hall–Kier alpha value is -3.22. The number of hydrogen-bond acceptors (Lipinski definition) is 5. The molecule has 1 aromatic heterocycles. The molecule has 0 bridgehead atoms. The maximum absolute atomic E-state index is 12.9.